The van der Waals surface area contributed by atoms with Gasteiger partial charge in [-0.15, -0.1) is 0 Å². The number of carbonyl (C=O) groups is 1. The van der Waals surface area contributed by atoms with Crippen LogP contribution >= 0.6 is 0 Å². The zero-order valence-electron chi connectivity index (χ0n) is 17.5. The zero-order valence-corrected chi connectivity index (χ0v) is 18.3. The predicted octanol–water partition coefficient (Wildman–Crippen LogP) is 1.68. The first-order valence-corrected chi connectivity index (χ1v) is 11.7. The molecule has 2 N–H and O–H groups in total. The molecule has 0 aliphatic carbocycles. The minimum atomic E-state index is -3.82. The van der Waals surface area contributed by atoms with Gasteiger partial charge in [-0.3, -0.25) is 19.8 Å². The topological polar surface area (TPSA) is 131 Å². The first kappa shape index (κ1) is 23.8. The van der Waals surface area contributed by atoms with Crippen molar-refractivity contribution in [3.8, 4) is 0 Å². The van der Waals surface area contributed by atoms with Crippen molar-refractivity contribution in [2.24, 2.45) is 0 Å². The number of sulfone groups is 1. The van der Waals surface area contributed by atoms with Crippen LogP contribution in [-0.2, 0) is 19.4 Å². The van der Waals surface area contributed by atoms with Crippen molar-refractivity contribution in [3.05, 3.63) is 58.6 Å². The normalized spacial score (nSPS) is 14.8. The molecule has 1 saturated heterocycles. The molecule has 1 fully saturated rings. The molecule has 0 spiro atoms. The number of non-ortho nitro benzene ring substituents is 1. The summed E-state index contributed by atoms with van der Waals surface area (Å²) in [5, 5.41) is 16.6. The van der Waals surface area contributed by atoms with Crippen molar-refractivity contribution in [1.82, 2.24) is 10.2 Å². The summed E-state index contributed by atoms with van der Waals surface area (Å²) in [5.74, 6) is -0.220. The summed E-state index contributed by atoms with van der Waals surface area (Å²) in [6.45, 7) is 5.26. The molecule has 32 heavy (non-hydrogen) atoms. The Hall–Kier alpha value is -2.86. The summed E-state index contributed by atoms with van der Waals surface area (Å²) < 4.78 is 30.7. The standard InChI is InChI=1S/C21H26N4O6S/c26-21(16-22-10-1-11-24-12-14-31-15-13-24)23-17-2-6-19(7-3-17)32(29,30)20-8-4-18(5-9-20)25(27)28/h2-9,22H,1,10-16H2,(H,23,26). The molecule has 1 amide bonds. The number of carbonyl (C=O) groups excluding carboxylic acids is 1. The van der Waals surface area contributed by atoms with Gasteiger partial charge in [0.05, 0.1) is 34.5 Å². The third kappa shape index (κ3) is 6.57. The van der Waals surface area contributed by atoms with Gasteiger partial charge in [0.15, 0.2) is 0 Å². The van der Waals surface area contributed by atoms with E-state index >= 15 is 0 Å². The van der Waals surface area contributed by atoms with Crippen molar-refractivity contribution in [2.45, 2.75) is 16.2 Å². The maximum absolute atomic E-state index is 12.7. The lowest BCUT2D eigenvalue weighted by Crippen LogP contribution is -2.38. The lowest BCUT2D eigenvalue weighted by Gasteiger charge is -2.26. The lowest BCUT2D eigenvalue weighted by molar-refractivity contribution is -0.384. The minimum absolute atomic E-state index is 0.0330. The van der Waals surface area contributed by atoms with E-state index < -0.39 is 14.8 Å². The number of morpholine rings is 1. The van der Waals surface area contributed by atoms with Crippen molar-refractivity contribution < 1.29 is 22.9 Å². The fourth-order valence-electron chi connectivity index (χ4n) is 3.26. The number of anilines is 1. The van der Waals surface area contributed by atoms with E-state index in [1.165, 1.54) is 36.4 Å². The molecule has 10 nitrogen and oxygen atoms in total. The molecule has 1 aliphatic heterocycles. The van der Waals surface area contributed by atoms with E-state index in [1.807, 2.05) is 0 Å². The van der Waals surface area contributed by atoms with Crippen LogP contribution in [0, 0.1) is 10.1 Å². The maximum atomic E-state index is 12.7. The highest BCUT2D eigenvalue weighted by atomic mass is 32.2. The third-order valence-corrected chi connectivity index (χ3v) is 6.81. The second-order valence-electron chi connectivity index (χ2n) is 7.31. The van der Waals surface area contributed by atoms with E-state index in [0.29, 0.717) is 5.69 Å². The maximum Gasteiger partial charge on any atom is 0.269 e. The Morgan fingerprint density at radius 3 is 2.22 bits per heavy atom. The van der Waals surface area contributed by atoms with Gasteiger partial charge in [0.2, 0.25) is 15.7 Å². The summed E-state index contributed by atoms with van der Waals surface area (Å²) in [7, 11) is -3.82. The fourth-order valence-corrected chi connectivity index (χ4v) is 4.52. The second kappa shape index (κ2) is 11.1. The smallest absolute Gasteiger partial charge is 0.269 e. The van der Waals surface area contributed by atoms with Gasteiger partial charge in [-0.05, 0) is 55.9 Å². The third-order valence-electron chi connectivity index (χ3n) is 5.02. The van der Waals surface area contributed by atoms with Crippen molar-refractivity contribution in [3.63, 3.8) is 0 Å². The van der Waals surface area contributed by atoms with Crippen LogP contribution in [0.5, 0.6) is 0 Å². The van der Waals surface area contributed by atoms with Gasteiger partial charge in [-0.2, -0.15) is 0 Å². The van der Waals surface area contributed by atoms with E-state index in [9.17, 15) is 23.3 Å². The number of amides is 1. The summed E-state index contributed by atoms with van der Waals surface area (Å²) in [6.07, 6.45) is 0.933. The Morgan fingerprint density at radius 2 is 1.62 bits per heavy atom. The minimum Gasteiger partial charge on any atom is -0.379 e. The summed E-state index contributed by atoms with van der Waals surface area (Å²) in [6, 6.07) is 10.5. The van der Waals surface area contributed by atoms with Crippen LogP contribution in [0.4, 0.5) is 11.4 Å². The Morgan fingerprint density at radius 1 is 1.03 bits per heavy atom. The molecule has 0 unspecified atom stereocenters. The highest BCUT2D eigenvalue weighted by Crippen LogP contribution is 2.24. The van der Waals surface area contributed by atoms with Gasteiger partial charge >= 0.3 is 0 Å². The highest BCUT2D eigenvalue weighted by molar-refractivity contribution is 7.91. The fraction of sp³-hybridized carbons (Fsp3) is 0.381. The Kier molecular flexibility index (Phi) is 8.28. The van der Waals surface area contributed by atoms with Gasteiger partial charge in [0, 0.05) is 30.9 Å². The average molecular weight is 463 g/mol. The van der Waals surface area contributed by atoms with Crippen LogP contribution in [0.1, 0.15) is 6.42 Å². The Balaban J connectivity index is 1.46. The zero-order chi connectivity index (χ0) is 23.0. The first-order chi connectivity index (χ1) is 15.4. The molecule has 3 rings (SSSR count). The molecule has 0 aromatic heterocycles. The number of nitro groups is 1. The molecule has 1 aliphatic rings. The quantitative estimate of drug-likeness (QED) is 0.310. The van der Waals surface area contributed by atoms with Gasteiger partial charge in [-0.25, -0.2) is 8.42 Å². The lowest BCUT2D eigenvalue weighted by atomic mass is 10.3. The number of nitrogens with zero attached hydrogens (tertiary/aromatic N) is 2. The van der Waals surface area contributed by atoms with E-state index in [4.69, 9.17) is 4.74 Å². The largest absolute Gasteiger partial charge is 0.379 e. The molecule has 2 aromatic carbocycles. The molecule has 11 heteroatoms. The van der Waals surface area contributed by atoms with E-state index in [0.717, 1.165) is 57.9 Å². The number of ether oxygens (including phenoxy) is 1. The number of benzene rings is 2. The number of nitro benzene ring substituents is 1. The highest BCUT2D eigenvalue weighted by Gasteiger charge is 2.19. The SMILES string of the molecule is O=C(CNCCCN1CCOCC1)Nc1ccc(S(=O)(=O)c2ccc([N+](=O)[O-])cc2)cc1. The molecule has 2 aromatic rings. The monoisotopic (exact) mass is 462 g/mol. The number of nitrogens with one attached hydrogen (secondary N) is 2. The van der Waals surface area contributed by atoms with Crippen molar-refractivity contribution in [1.29, 1.82) is 0 Å². The molecule has 0 atom stereocenters. The molecule has 0 saturated carbocycles. The van der Waals surface area contributed by atoms with E-state index in [-0.39, 0.29) is 27.9 Å². The van der Waals surface area contributed by atoms with Gasteiger partial charge < -0.3 is 15.4 Å². The predicted molar refractivity (Wildman–Crippen MR) is 118 cm³/mol. The molecule has 0 bridgehead atoms. The summed E-state index contributed by atoms with van der Waals surface area (Å²) in [5.41, 5.74) is 0.296. The molecular formula is C21H26N4O6S. The van der Waals surface area contributed by atoms with Crippen LogP contribution in [-0.4, -0.2) is 70.1 Å². The van der Waals surface area contributed by atoms with Gasteiger partial charge in [-0.1, -0.05) is 0 Å². The van der Waals surface area contributed by atoms with Crippen molar-refractivity contribution in [2.75, 3.05) is 51.3 Å². The van der Waals surface area contributed by atoms with Gasteiger partial charge in [0.25, 0.3) is 5.69 Å². The molecule has 1 heterocycles. The van der Waals surface area contributed by atoms with Crippen LogP contribution in [0.3, 0.4) is 0 Å². The number of hydrogen-bond donors (Lipinski definition) is 2. The number of rotatable bonds is 10. The van der Waals surface area contributed by atoms with E-state index in [2.05, 4.69) is 15.5 Å². The summed E-state index contributed by atoms with van der Waals surface area (Å²) >= 11 is 0. The first-order valence-electron chi connectivity index (χ1n) is 10.3. The van der Waals surface area contributed by atoms with Crippen LogP contribution < -0.4 is 10.6 Å². The molecular weight excluding hydrogens is 436 g/mol. The second-order valence-corrected chi connectivity index (χ2v) is 9.26. The Labute approximate surface area is 186 Å². The van der Waals surface area contributed by atoms with Crippen molar-refractivity contribution >= 4 is 27.1 Å². The molecule has 0 radical (unpaired) electrons. The van der Waals surface area contributed by atoms with Gasteiger partial charge in [0.1, 0.15) is 0 Å². The Bertz CT molecular complexity index is 1020. The molecule has 172 valence electrons. The number of hydrogen-bond acceptors (Lipinski definition) is 8. The average Bonchev–Trinajstić information content (AvgIpc) is 2.80. The summed E-state index contributed by atoms with van der Waals surface area (Å²) in [4.78, 5) is 24.6. The van der Waals surface area contributed by atoms with Crippen LogP contribution in [0.15, 0.2) is 58.3 Å². The van der Waals surface area contributed by atoms with Crippen LogP contribution in [0.25, 0.3) is 0 Å². The van der Waals surface area contributed by atoms with E-state index in [1.54, 1.807) is 0 Å². The van der Waals surface area contributed by atoms with Crippen LogP contribution in [0.2, 0.25) is 0 Å².